The van der Waals surface area contributed by atoms with E-state index < -0.39 is 0 Å². The molecule has 0 saturated carbocycles. The number of phenolic OH excluding ortho intramolecular Hbond substituents is 1. The smallest absolute Gasteiger partial charge is 0.116 e. The third-order valence-corrected chi connectivity index (χ3v) is 3.04. The molecule has 0 aliphatic carbocycles. The van der Waals surface area contributed by atoms with E-state index in [0.717, 1.165) is 16.3 Å². The van der Waals surface area contributed by atoms with Gasteiger partial charge in [-0.2, -0.15) is 0 Å². The van der Waals surface area contributed by atoms with Crippen molar-refractivity contribution in [1.82, 2.24) is 0 Å². The first-order valence-electron chi connectivity index (χ1n) is 5.55. The first-order chi connectivity index (χ1) is 8.26. The van der Waals surface area contributed by atoms with Gasteiger partial charge in [0.15, 0.2) is 0 Å². The second-order valence-electron chi connectivity index (χ2n) is 4.19. The van der Waals surface area contributed by atoms with E-state index in [2.05, 4.69) is 30.8 Å². The first-order valence-corrected chi connectivity index (χ1v) is 5.55. The van der Waals surface area contributed by atoms with Gasteiger partial charge < -0.3 is 5.11 Å². The van der Waals surface area contributed by atoms with Crippen molar-refractivity contribution in [2.24, 2.45) is 0 Å². The van der Waals surface area contributed by atoms with E-state index >= 15 is 0 Å². The van der Waals surface area contributed by atoms with Gasteiger partial charge in [0.25, 0.3) is 0 Å². The minimum atomic E-state index is 0.305. The number of benzene rings is 3. The molecular weight excluding hydrogens is 208 g/mol. The molecule has 0 spiro atoms. The van der Waals surface area contributed by atoms with Gasteiger partial charge in [0.05, 0.1) is 0 Å². The molecule has 0 aliphatic heterocycles. The molecule has 1 nitrogen and oxygen atoms in total. The van der Waals surface area contributed by atoms with Crippen molar-refractivity contribution in [2.45, 2.75) is 0 Å². The Morgan fingerprint density at radius 2 is 1.41 bits per heavy atom. The van der Waals surface area contributed by atoms with Crippen molar-refractivity contribution >= 4 is 27.6 Å². The number of hydrogen-bond acceptors (Lipinski definition) is 1. The maximum Gasteiger partial charge on any atom is 0.116 e. The molecule has 82 valence electrons. The summed E-state index contributed by atoms with van der Waals surface area (Å²) in [5.74, 6) is 0.305. The fourth-order valence-corrected chi connectivity index (χ4v) is 2.13. The molecule has 1 heteroatoms. The number of rotatable bonds is 1. The van der Waals surface area contributed by atoms with Crippen molar-refractivity contribution in [1.29, 1.82) is 0 Å². The fraction of sp³-hybridized carbons (Fsp3) is 0. The Morgan fingerprint density at radius 3 is 2.12 bits per heavy atom. The van der Waals surface area contributed by atoms with Gasteiger partial charge in [-0.3, -0.25) is 0 Å². The predicted molar refractivity (Wildman–Crippen MR) is 73.2 cm³/mol. The zero-order chi connectivity index (χ0) is 11.8. The first kappa shape index (κ1) is 9.91. The van der Waals surface area contributed by atoms with Gasteiger partial charge in [0.1, 0.15) is 5.75 Å². The zero-order valence-electron chi connectivity index (χ0n) is 9.35. The summed E-state index contributed by atoms with van der Waals surface area (Å²) in [6.45, 7) is 3.78. The van der Waals surface area contributed by atoms with E-state index in [0.29, 0.717) is 5.75 Å². The maximum atomic E-state index is 9.47. The highest BCUT2D eigenvalue weighted by molar-refractivity contribution is 5.99. The highest BCUT2D eigenvalue weighted by atomic mass is 16.3. The molecule has 0 radical (unpaired) electrons. The van der Waals surface area contributed by atoms with Gasteiger partial charge in [0, 0.05) is 0 Å². The fourth-order valence-electron chi connectivity index (χ4n) is 2.13. The monoisotopic (exact) mass is 220 g/mol. The van der Waals surface area contributed by atoms with Crippen LogP contribution in [0.4, 0.5) is 0 Å². The minimum absolute atomic E-state index is 0.305. The lowest BCUT2D eigenvalue weighted by molar-refractivity contribution is 0.476. The standard InChI is InChI=1S/C16H12O/c1-2-11-3-4-12-9-15-10-16(17)6-5-13(15)8-14(12)7-11/h2-10,17H,1H2. The van der Waals surface area contributed by atoms with E-state index in [1.54, 1.807) is 12.1 Å². The summed E-state index contributed by atoms with van der Waals surface area (Å²) >= 11 is 0. The van der Waals surface area contributed by atoms with Gasteiger partial charge in [0.2, 0.25) is 0 Å². The number of fused-ring (bicyclic) bond motifs is 2. The SMILES string of the molecule is C=Cc1ccc2cc3cc(O)ccc3cc2c1. The Kier molecular flexibility index (Phi) is 2.12. The summed E-state index contributed by atoms with van der Waals surface area (Å²) in [4.78, 5) is 0. The van der Waals surface area contributed by atoms with E-state index in [-0.39, 0.29) is 0 Å². The van der Waals surface area contributed by atoms with Crippen LogP contribution in [0.25, 0.3) is 27.6 Å². The van der Waals surface area contributed by atoms with Gasteiger partial charge in [-0.1, -0.05) is 30.9 Å². The van der Waals surface area contributed by atoms with Gasteiger partial charge >= 0.3 is 0 Å². The van der Waals surface area contributed by atoms with Gasteiger partial charge in [-0.25, -0.2) is 0 Å². The summed E-state index contributed by atoms with van der Waals surface area (Å²) in [5.41, 5.74) is 1.12. The molecule has 0 amide bonds. The van der Waals surface area contributed by atoms with Crippen molar-refractivity contribution in [3.8, 4) is 5.75 Å². The molecule has 0 unspecified atom stereocenters. The highest BCUT2D eigenvalue weighted by Gasteiger charge is 1.99. The molecule has 0 saturated heterocycles. The molecule has 0 bridgehead atoms. The third-order valence-electron chi connectivity index (χ3n) is 3.04. The zero-order valence-corrected chi connectivity index (χ0v) is 9.35. The quantitative estimate of drug-likeness (QED) is 0.605. The molecular formula is C16H12O. The molecule has 17 heavy (non-hydrogen) atoms. The molecule has 0 aliphatic rings. The van der Waals surface area contributed by atoms with Crippen LogP contribution in [0.2, 0.25) is 0 Å². The minimum Gasteiger partial charge on any atom is -0.508 e. The largest absolute Gasteiger partial charge is 0.508 e. The van der Waals surface area contributed by atoms with Crippen molar-refractivity contribution in [2.75, 3.05) is 0 Å². The van der Waals surface area contributed by atoms with Crippen LogP contribution in [-0.4, -0.2) is 5.11 Å². The Hall–Kier alpha value is -2.28. The molecule has 0 fully saturated rings. The lowest BCUT2D eigenvalue weighted by Gasteiger charge is -2.04. The van der Waals surface area contributed by atoms with Gasteiger partial charge in [-0.15, -0.1) is 0 Å². The molecule has 0 heterocycles. The molecule has 3 rings (SSSR count). The number of hydrogen-bond donors (Lipinski definition) is 1. The van der Waals surface area contributed by atoms with Crippen LogP contribution in [0.1, 0.15) is 5.56 Å². The van der Waals surface area contributed by atoms with Crippen LogP contribution in [0.5, 0.6) is 5.75 Å². The Bertz CT molecular complexity index is 726. The molecule has 3 aromatic rings. The lowest BCUT2D eigenvalue weighted by atomic mass is 10.0. The Balaban J connectivity index is 2.39. The van der Waals surface area contributed by atoms with E-state index in [9.17, 15) is 5.11 Å². The summed E-state index contributed by atoms with van der Waals surface area (Å²) in [7, 11) is 0. The highest BCUT2D eigenvalue weighted by Crippen LogP contribution is 2.26. The average molecular weight is 220 g/mol. The van der Waals surface area contributed by atoms with Crippen LogP contribution in [0, 0.1) is 0 Å². The Morgan fingerprint density at radius 1 is 0.765 bits per heavy atom. The Labute approximate surface area is 99.6 Å². The lowest BCUT2D eigenvalue weighted by Crippen LogP contribution is -1.78. The topological polar surface area (TPSA) is 20.2 Å². The van der Waals surface area contributed by atoms with Crippen LogP contribution < -0.4 is 0 Å². The number of aromatic hydroxyl groups is 1. The predicted octanol–water partition coefficient (Wildman–Crippen LogP) is 4.34. The van der Waals surface area contributed by atoms with Crippen molar-refractivity contribution in [3.63, 3.8) is 0 Å². The van der Waals surface area contributed by atoms with Crippen LogP contribution in [0.15, 0.2) is 55.1 Å². The average Bonchev–Trinajstić information content (AvgIpc) is 2.35. The number of phenols is 1. The van der Waals surface area contributed by atoms with Crippen LogP contribution >= 0.6 is 0 Å². The molecule has 0 atom stereocenters. The van der Waals surface area contributed by atoms with Crippen molar-refractivity contribution in [3.05, 3.63) is 60.7 Å². The summed E-state index contributed by atoms with van der Waals surface area (Å²) in [5, 5.41) is 14.0. The van der Waals surface area contributed by atoms with Crippen molar-refractivity contribution < 1.29 is 5.11 Å². The second kappa shape index (κ2) is 3.63. The summed E-state index contributed by atoms with van der Waals surface area (Å²) in [6.07, 6.45) is 1.85. The summed E-state index contributed by atoms with van der Waals surface area (Å²) in [6, 6.07) is 15.9. The summed E-state index contributed by atoms with van der Waals surface area (Å²) < 4.78 is 0. The maximum absolute atomic E-state index is 9.47. The second-order valence-corrected chi connectivity index (χ2v) is 4.19. The molecule has 0 aromatic heterocycles. The van der Waals surface area contributed by atoms with E-state index in [4.69, 9.17) is 0 Å². The molecule has 3 aromatic carbocycles. The van der Waals surface area contributed by atoms with Gasteiger partial charge in [-0.05, 0) is 57.4 Å². The van der Waals surface area contributed by atoms with Crippen LogP contribution in [-0.2, 0) is 0 Å². The van der Waals surface area contributed by atoms with E-state index in [1.807, 2.05) is 18.2 Å². The van der Waals surface area contributed by atoms with E-state index in [1.165, 1.54) is 10.8 Å². The van der Waals surface area contributed by atoms with Crippen LogP contribution in [0.3, 0.4) is 0 Å². The molecule has 1 N–H and O–H groups in total. The normalized spacial score (nSPS) is 10.8. The third kappa shape index (κ3) is 1.66.